The van der Waals surface area contributed by atoms with Crippen molar-refractivity contribution in [2.45, 2.75) is 32.6 Å². The molecule has 0 saturated carbocycles. The third kappa shape index (κ3) is 3.42. The lowest BCUT2D eigenvalue weighted by molar-refractivity contribution is 0.432. The maximum atomic E-state index is 12.4. The monoisotopic (exact) mass is 426 g/mol. The number of piperidine rings is 1. The zero-order valence-electron chi connectivity index (χ0n) is 16.8. The standard InChI is InChI=1S/C21H22N6O2.ClH/c1-12-5-3-4-6-15(12)19-24-21(29-26-19)18-13(2)25-27-16(11-17(28)23-20(18)27)14-7-9-22-10-8-14;/h3-6,11,14,22H,7-10H2,1-2H3,(H,23,28);1H. The summed E-state index contributed by atoms with van der Waals surface area (Å²) in [5.74, 6) is 1.17. The lowest BCUT2D eigenvalue weighted by atomic mass is 9.94. The molecule has 156 valence electrons. The Morgan fingerprint density at radius 2 is 1.93 bits per heavy atom. The van der Waals surface area contributed by atoms with Crippen LogP contribution in [0.5, 0.6) is 0 Å². The van der Waals surface area contributed by atoms with E-state index in [-0.39, 0.29) is 18.0 Å². The Hall–Kier alpha value is -2.97. The number of H-pyrrole nitrogens is 1. The molecule has 2 N–H and O–H groups in total. The number of halogens is 1. The number of benzene rings is 1. The Morgan fingerprint density at radius 3 is 2.70 bits per heavy atom. The van der Waals surface area contributed by atoms with Gasteiger partial charge in [-0.05, 0) is 45.3 Å². The van der Waals surface area contributed by atoms with Crippen molar-refractivity contribution < 1.29 is 4.52 Å². The Kier molecular flexibility index (Phi) is 5.44. The Bertz CT molecular complexity index is 1250. The van der Waals surface area contributed by atoms with E-state index in [0.29, 0.717) is 28.8 Å². The number of nitrogens with zero attached hydrogens (tertiary/aromatic N) is 4. The molecule has 0 spiro atoms. The Balaban J connectivity index is 0.00000218. The molecule has 4 heterocycles. The summed E-state index contributed by atoms with van der Waals surface area (Å²) in [6.45, 7) is 5.78. The quantitative estimate of drug-likeness (QED) is 0.521. The van der Waals surface area contributed by atoms with E-state index in [9.17, 15) is 4.79 Å². The van der Waals surface area contributed by atoms with Gasteiger partial charge < -0.3 is 14.8 Å². The van der Waals surface area contributed by atoms with Crippen LogP contribution in [-0.2, 0) is 0 Å². The summed E-state index contributed by atoms with van der Waals surface area (Å²) in [4.78, 5) is 20.0. The highest BCUT2D eigenvalue weighted by molar-refractivity contribution is 5.85. The number of aromatic amines is 1. The van der Waals surface area contributed by atoms with Crippen LogP contribution in [0.2, 0.25) is 0 Å². The summed E-state index contributed by atoms with van der Waals surface area (Å²) in [6.07, 6.45) is 1.95. The fourth-order valence-corrected chi connectivity index (χ4v) is 4.10. The van der Waals surface area contributed by atoms with Gasteiger partial charge in [-0.3, -0.25) is 4.79 Å². The maximum absolute atomic E-state index is 12.4. The van der Waals surface area contributed by atoms with Gasteiger partial charge in [0.15, 0.2) is 0 Å². The fourth-order valence-electron chi connectivity index (χ4n) is 4.10. The van der Waals surface area contributed by atoms with Crippen LogP contribution in [0.15, 0.2) is 39.6 Å². The molecule has 30 heavy (non-hydrogen) atoms. The van der Waals surface area contributed by atoms with Gasteiger partial charge in [-0.1, -0.05) is 29.4 Å². The van der Waals surface area contributed by atoms with Gasteiger partial charge in [-0.15, -0.1) is 12.4 Å². The van der Waals surface area contributed by atoms with Gasteiger partial charge >= 0.3 is 0 Å². The molecular formula is C21H23ClN6O2. The van der Waals surface area contributed by atoms with Crippen molar-refractivity contribution in [3.63, 3.8) is 0 Å². The van der Waals surface area contributed by atoms with E-state index in [2.05, 4.69) is 20.4 Å². The predicted octanol–water partition coefficient (Wildman–Crippen LogP) is 3.25. The molecule has 8 nitrogen and oxygen atoms in total. The van der Waals surface area contributed by atoms with Gasteiger partial charge in [0.2, 0.25) is 5.82 Å². The van der Waals surface area contributed by atoms with Crippen molar-refractivity contribution in [3.05, 3.63) is 57.6 Å². The average molecular weight is 427 g/mol. The first-order valence-electron chi connectivity index (χ1n) is 9.85. The minimum absolute atomic E-state index is 0. The van der Waals surface area contributed by atoms with E-state index in [1.54, 1.807) is 6.07 Å². The predicted molar refractivity (Wildman–Crippen MR) is 116 cm³/mol. The maximum Gasteiger partial charge on any atom is 0.263 e. The summed E-state index contributed by atoms with van der Waals surface area (Å²) < 4.78 is 7.42. The molecule has 5 rings (SSSR count). The minimum atomic E-state index is -0.147. The van der Waals surface area contributed by atoms with Crippen LogP contribution in [0.4, 0.5) is 0 Å². The molecule has 4 aromatic rings. The van der Waals surface area contributed by atoms with Crippen molar-refractivity contribution in [2.75, 3.05) is 13.1 Å². The third-order valence-electron chi connectivity index (χ3n) is 5.61. The summed E-state index contributed by atoms with van der Waals surface area (Å²) in [5, 5.41) is 12.2. The second kappa shape index (κ2) is 8.04. The summed E-state index contributed by atoms with van der Waals surface area (Å²) >= 11 is 0. The number of aryl methyl sites for hydroxylation is 2. The van der Waals surface area contributed by atoms with Gasteiger partial charge in [0.05, 0.1) is 11.4 Å². The summed E-state index contributed by atoms with van der Waals surface area (Å²) in [5.41, 5.74) is 4.78. The second-order valence-electron chi connectivity index (χ2n) is 7.54. The number of rotatable bonds is 3. The number of aromatic nitrogens is 5. The summed E-state index contributed by atoms with van der Waals surface area (Å²) in [6, 6.07) is 9.55. The molecule has 0 aliphatic carbocycles. The van der Waals surface area contributed by atoms with E-state index in [1.165, 1.54) is 0 Å². The molecule has 0 amide bonds. The Morgan fingerprint density at radius 1 is 1.17 bits per heavy atom. The molecule has 9 heteroatoms. The molecule has 0 unspecified atom stereocenters. The zero-order valence-corrected chi connectivity index (χ0v) is 17.6. The van der Waals surface area contributed by atoms with E-state index in [1.807, 2.05) is 42.6 Å². The second-order valence-corrected chi connectivity index (χ2v) is 7.54. The first-order valence-corrected chi connectivity index (χ1v) is 9.85. The van der Waals surface area contributed by atoms with Crippen molar-refractivity contribution in [1.29, 1.82) is 0 Å². The zero-order chi connectivity index (χ0) is 20.0. The Labute approximate surface area is 179 Å². The average Bonchev–Trinajstić information content (AvgIpc) is 3.32. The molecular weight excluding hydrogens is 404 g/mol. The van der Waals surface area contributed by atoms with Crippen LogP contribution in [0.3, 0.4) is 0 Å². The van der Waals surface area contributed by atoms with Crippen LogP contribution in [0.25, 0.3) is 28.5 Å². The molecule has 1 aromatic carbocycles. The number of nitrogens with one attached hydrogen (secondary N) is 2. The highest BCUT2D eigenvalue weighted by Crippen LogP contribution is 2.31. The molecule has 3 aromatic heterocycles. The van der Waals surface area contributed by atoms with E-state index < -0.39 is 0 Å². The van der Waals surface area contributed by atoms with E-state index >= 15 is 0 Å². The van der Waals surface area contributed by atoms with Crippen LogP contribution < -0.4 is 10.9 Å². The highest BCUT2D eigenvalue weighted by atomic mass is 35.5. The van der Waals surface area contributed by atoms with Gasteiger partial charge in [0, 0.05) is 17.5 Å². The van der Waals surface area contributed by atoms with E-state index in [4.69, 9.17) is 9.62 Å². The number of hydrogen-bond acceptors (Lipinski definition) is 6. The molecule has 0 atom stereocenters. The van der Waals surface area contributed by atoms with Crippen molar-refractivity contribution in [3.8, 4) is 22.8 Å². The van der Waals surface area contributed by atoms with Crippen LogP contribution in [0, 0.1) is 13.8 Å². The van der Waals surface area contributed by atoms with Crippen LogP contribution >= 0.6 is 12.4 Å². The summed E-state index contributed by atoms with van der Waals surface area (Å²) in [7, 11) is 0. The van der Waals surface area contributed by atoms with Crippen molar-refractivity contribution >= 4 is 18.1 Å². The SMILES string of the molecule is Cc1ccccc1-c1noc(-c2c(C)nn3c(C4CCNCC4)cc(=O)[nH]c23)n1.Cl. The van der Waals surface area contributed by atoms with Gasteiger partial charge in [0.1, 0.15) is 11.2 Å². The molecule has 1 fully saturated rings. The molecule has 1 aliphatic heterocycles. The molecule has 0 bridgehead atoms. The largest absolute Gasteiger partial charge is 0.333 e. The first kappa shape index (κ1) is 20.3. The van der Waals surface area contributed by atoms with Crippen LogP contribution in [0.1, 0.15) is 35.7 Å². The number of fused-ring (bicyclic) bond motifs is 1. The third-order valence-corrected chi connectivity index (χ3v) is 5.61. The lowest BCUT2D eigenvalue weighted by Gasteiger charge is -2.23. The van der Waals surface area contributed by atoms with Crippen molar-refractivity contribution in [2.24, 2.45) is 0 Å². The fraction of sp³-hybridized carbons (Fsp3) is 0.333. The normalized spacial score (nSPS) is 14.7. The first-order chi connectivity index (χ1) is 14.1. The number of hydrogen-bond donors (Lipinski definition) is 2. The molecule has 1 aliphatic rings. The lowest BCUT2D eigenvalue weighted by Crippen LogP contribution is -2.28. The molecule has 1 saturated heterocycles. The smallest absolute Gasteiger partial charge is 0.263 e. The van der Waals surface area contributed by atoms with Gasteiger partial charge in [0.25, 0.3) is 11.4 Å². The minimum Gasteiger partial charge on any atom is -0.333 e. The van der Waals surface area contributed by atoms with Gasteiger partial charge in [-0.25, -0.2) is 4.52 Å². The highest BCUT2D eigenvalue weighted by Gasteiger charge is 2.25. The van der Waals surface area contributed by atoms with E-state index in [0.717, 1.165) is 48.4 Å². The van der Waals surface area contributed by atoms with Crippen molar-refractivity contribution in [1.82, 2.24) is 30.1 Å². The topological polar surface area (TPSA) is 101 Å². The van der Waals surface area contributed by atoms with Gasteiger partial charge in [-0.2, -0.15) is 10.1 Å². The van der Waals surface area contributed by atoms with Crippen LogP contribution in [-0.4, -0.2) is 37.8 Å². The molecule has 0 radical (unpaired) electrons.